The zero-order chi connectivity index (χ0) is 17.6. The molecule has 2 aromatic rings. The molecule has 1 aromatic heterocycles. The summed E-state index contributed by atoms with van der Waals surface area (Å²) in [5.41, 5.74) is 1.02. The number of aryl methyl sites for hydroxylation is 1. The van der Waals surface area contributed by atoms with Crippen LogP contribution in [-0.4, -0.2) is 52.4 Å². The Bertz CT molecular complexity index is 691. The number of methoxy groups -OCH3 is 1. The smallest absolute Gasteiger partial charge is 0.248 e. The lowest BCUT2D eigenvalue weighted by Gasteiger charge is -2.31. The molecular weight excluding hydrogens is 320 g/mol. The maximum absolute atomic E-state index is 12.3. The first-order valence-corrected chi connectivity index (χ1v) is 8.49. The molecule has 1 aliphatic heterocycles. The minimum atomic E-state index is 0.0462. The first-order valence-electron chi connectivity index (χ1n) is 8.49. The van der Waals surface area contributed by atoms with Crippen LogP contribution in [0.15, 0.2) is 30.6 Å². The molecule has 7 nitrogen and oxygen atoms in total. The zero-order valence-electron chi connectivity index (χ0n) is 14.7. The van der Waals surface area contributed by atoms with Gasteiger partial charge in [0.25, 0.3) is 0 Å². The molecular formula is C18H24N4O3. The van der Waals surface area contributed by atoms with Crippen molar-refractivity contribution in [2.24, 2.45) is 7.05 Å². The highest BCUT2D eigenvalue weighted by atomic mass is 16.5. The van der Waals surface area contributed by atoms with Crippen molar-refractivity contribution in [3.8, 4) is 5.75 Å². The second-order valence-electron chi connectivity index (χ2n) is 6.30. The van der Waals surface area contributed by atoms with Crippen molar-refractivity contribution >= 4 is 5.91 Å². The third kappa shape index (κ3) is 4.36. The number of piperidine rings is 1. The molecule has 0 saturated carbocycles. The lowest BCUT2D eigenvalue weighted by molar-refractivity contribution is -0.137. The van der Waals surface area contributed by atoms with Gasteiger partial charge in [-0.3, -0.25) is 4.79 Å². The van der Waals surface area contributed by atoms with E-state index < -0.39 is 0 Å². The summed E-state index contributed by atoms with van der Waals surface area (Å²) in [6, 6.07) is 7.65. The van der Waals surface area contributed by atoms with Crippen molar-refractivity contribution in [2.75, 3.05) is 26.8 Å². The average Bonchev–Trinajstić information content (AvgIpc) is 3.08. The van der Waals surface area contributed by atoms with Crippen molar-refractivity contribution in [2.45, 2.75) is 25.4 Å². The Balaban J connectivity index is 1.41. The number of nitrogens with zero attached hydrogens (tertiary/aromatic N) is 4. The van der Waals surface area contributed by atoms with Gasteiger partial charge in [0, 0.05) is 26.1 Å². The predicted octanol–water partition coefficient (Wildman–Crippen LogP) is 1.75. The van der Waals surface area contributed by atoms with E-state index in [0.29, 0.717) is 12.5 Å². The van der Waals surface area contributed by atoms with Gasteiger partial charge in [-0.15, -0.1) is 10.2 Å². The summed E-state index contributed by atoms with van der Waals surface area (Å²) < 4.78 is 12.6. The quantitative estimate of drug-likeness (QED) is 0.798. The van der Waals surface area contributed by atoms with E-state index >= 15 is 0 Å². The molecule has 0 spiro atoms. The third-order valence-electron chi connectivity index (χ3n) is 4.61. The predicted molar refractivity (Wildman–Crippen MR) is 92.2 cm³/mol. The fourth-order valence-corrected chi connectivity index (χ4v) is 3.12. The van der Waals surface area contributed by atoms with Gasteiger partial charge in [0.2, 0.25) is 5.91 Å². The highest BCUT2D eigenvalue weighted by Crippen LogP contribution is 2.26. The molecule has 0 radical (unpaired) electrons. The molecule has 1 aliphatic rings. The minimum Gasteiger partial charge on any atom is -0.497 e. The minimum absolute atomic E-state index is 0.0462. The van der Waals surface area contributed by atoms with Crippen LogP contribution in [0, 0.1) is 0 Å². The van der Waals surface area contributed by atoms with E-state index in [4.69, 9.17) is 9.47 Å². The van der Waals surface area contributed by atoms with Crippen molar-refractivity contribution in [3.05, 3.63) is 42.0 Å². The normalized spacial score (nSPS) is 15.4. The topological polar surface area (TPSA) is 69.5 Å². The van der Waals surface area contributed by atoms with Crippen LogP contribution in [0.25, 0.3) is 0 Å². The second-order valence-corrected chi connectivity index (χ2v) is 6.30. The first-order chi connectivity index (χ1) is 12.2. The molecule has 2 heterocycles. The number of rotatable bonds is 6. The number of amides is 1. The number of hydrogen-bond acceptors (Lipinski definition) is 5. The van der Waals surface area contributed by atoms with E-state index in [9.17, 15) is 4.79 Å². The number of likely N-dealkylation sites (tertiary alicyclic amines) is 1. The number of hydrogen-bond donors (Lipinski definition) is 0. The number of carbonyl (C=O) groups is 1. The molecule has 0 unspecified atom stereocenters. The monoisotopic (exact) mass is 344 g/mol. The second kappa shape index (κ2) is 8.11. The zero-order valence-corrected chi connectivity index (χ0v) is 14.7. The number of carbonyl (C=O) groups excluding carboxylic acids is 1. The maximum Gasteiger partial charge on any atom is 0.248 e. The van der Waals surface area contributed by atoms with E-state index in [0.717, 1.165) is 43.1 Å². The van der Waals surface area contributed by atoms with Gasteiger partial charge in [-0.25, -0.2) is 0 Å². The molecule has 7 heteroatoms. The van der Waals surface area contributed by atoms with Crippen LogP contribution < -0.4 is 4.74 Å². The van der Waals surface area contributed by atoms with E-state index in [1.54, 1.807) is 13.4 Å². The molecule has 134 valence electrons. The van der Waals surface area contributed by atoms with Crippen LogP contribution in [0.5, 0.6) is 5.75 Å². The summed E-state index contributed by atoms with van der Waals surface area (Å²) in [5.74, 6) is 2.23. The Hall–Kier alpha value is -2.41. The number of ether oxygens (including phenoxy) is 2. The SMILES string of the molecule is COc1ccc(COCC(=O)N2CCC(c3nncn3C)CC2)cc1. The van der Waals surface area contributed by atoms with Gasteiger partial charge in [0.15, 0.2) is 0 Å². The molecule has 1 fully saturated rings. The average molecular weight is 344 g/mol. The molecule has 1 amide bonds. The van der Waals surface area contributed by atoms with E-state index in [2.05, 4.69) is 10.2 Å². The fourth-order valence-electron chi connectivity index (χ4n) is 3.12. The number of benzene rings is 1. The summed E-state index contributed by atoms with van der Waals surface area (Å²) in [7, 11) is 3.59. The first kappa shape index (κ1) is 17.4. The molecule has 0 bridgehead atoms. The van der Waals surface area contributed by atoms with Crippen LogP contribution in [0.4, 0.5) is 0 Å². The highest BCUT2D eigenvalue weighted by molar-refractivity contribution is 5.77. The van der Waals surface area contributed by atoms with Crippen LogP contribution in [-0.2, 0) is 23.2 Å². The molecule has 25 heavy (non-hydrogen) atoms. The Morgan fingerprint density at radius 3 is 2.56 bits per heavy atom. The lowest BCUT2D eigenvalue weighted by Crippen LogP contribution is -2.40. The van der Waals surface area contributed by atoms with Crippen molar-refractivity contribution in [1.82, 2.24) is 19.7 Å². The van der Waals surface area contributed by atoms with Crippen molar-refractivity contribution < 1.29 is 14.3 Å². The molecule has 3 rings (SSSR count). The molecule has 0 atom stereocenters. The maximum atomic E-state index is 12.3. The molecule has 1 aromatic carbocycles. The standard InChI is InChI=1S/C18H24N4O3/c1-21-13-19-20-18(21)15-7-9-22(10-8-15)17(23)12-25-11-14-3-5-16(24-2)6-4-14/h3-6,13,15H,7-12H2,1-2H3. The van der Waals surface area contributed by atoms with Gasteiger partial charge in [-0.05, 0) is 30.5 Å². The van der Waals surface area contributed by atoms with Gasteiger partial charge in [0.05, 0.1) is 13.7 Å². The Morgan fingerprint density at radius 2 is 1.96 bits per heavy atom. The van der Waals surface area contributed by atoms with E-state index in [-0.39, 0.29) is 12.5 Å². The third-order valence-corrected chi connectivity index (χ3v) is 4.61. The summed E-state index contributed by atoms with van der Waals surface area (Å²) in [6.07, 6.45) is 3.55. The molecule has 1 saturated heterocycles. The van der Waals surface area contributed by atoms with Crippen molar-refractivity contribution in [1.29, 1.82) is 0 Å². The van der Waals surface area contributed by atoms with Gasteiger partial charge in [-0.1, -0.05) is 12.1 Å². The van der Waals surface area contributed by atoms with Crippen LogP contribution in [0.1, 0.15) is 30.1 Å². The molecule has 0 N–H and O–H groups in total. The summed E-state index contributed by atoms with van der Waals surface area (Å²) in [5, 5.41) is 8.12. The van der Waals surface area contributed by atoms with Gasteiger partial charge < -0.3 is 18.9 Å². The van der Waals surface area contributed by atoms with Gasteiger partial charge in [0.1, 0.15) is 24.5 Å². The fraction of sp³-hybridized carbons (Fsp3) is 0.500. The highest BCUT2D eigenvalue weighted by Gasteiger charge is 2.26. The van der Waals surface area contributed by atoms with Crippen LogP contribution in [0.3, 0.4) is 0 Å². The van der Waals surface area contributed by atoms with Crippen LogP contribution in [0.2, 0.25) is 0 Å². The summed E-state index contributed by atoms with van der Waals surface area (Å²) in [6.45, 7) is 2.01. The lowest BCUT2D eigenvalue weighted by atomic mass is 9.96. The van der Waals surface area contributed by atoms with Gasteiger partial charge >= 0.3 is 0 Å². The van der Waals surface area contributed by atoms with E-state index in [1.165, 1.54) is 0 Å². The summed E-state index contributed by atoms with van der Waals surface area (Å²) in [4.78, 5) is 14.2. The largest absolute Gasteiger partial charge is 0.497 e. The van der Waals surface area contributed by atoms with Gasteiger partial charge in [-0.2, -0.15) is 0 Å². The van der Waals surface area contributed by atoms with Crippen molar-refractivity contribution in [3.63, 3.8) is 0 Å². The van der Waals surface area contributed by atoms with Crippen LogP contribution >= 0.6 is 0 Å². The molecule has 0 aliphatic carbocycles. The summed E-state index contributed by atoms with van der Waals surface area (Å²) >= 11 is 0. The Kier molecular flexibility index (Phi) is 5.65. The van der Waals surface area contributed by atoms with E-state index in [1.807, 2.05) is 40.8 Å². The Labute approximate surface area is 147 Å². The number of aromatic nitrogens is 3. The Morgan fingerprint density at radius 1 is 1.24 bits per heavy atom.